The quantitative estimate of drug-likeness (QED) is 0.124. The van der Waals surface area contributed by atoms with Crippen molar-refractivity contribution < 1.29 is 33.4 Å². The highest BCUT2D eigenvalue weighted by Crippen LogP contribution is 2.53. The molecule has 3 aliphatic rings. The van der Waals surface area contributed by atoms with Gasteiger partial charge in [0.2, 0.25) is 11.8 Å². The number of methoxy groups -OCH3 is 3. The molecular weight excluding hydrogens is 764 g/mol. The highest BCUT2D eigenvalue weighted by molar-refractivity contribution is 6.31. The van der Waals surface area contributed by atoms with Gasteiger partial charge >= 0.3 is 12.2 Å². The van der Waals surface area contributed by atoms with Gasteiger partial charge in [-0.2, -0.15) is 0 Å². The molecule has 4 heterocycles. The van der Waals surface area contributed by atoms with E-state index in [9.17, 15) is 19.2 Å². The van der Waals surface area contributed by atoms with Gasteiger partial charge in [-0.15, -0.1) is 0 Å². The number of imidazole rings is 2. The van der Waals surface area contributed by atoms with Gasteiger partial charge in [0.25, 0.3) is 0 Å². The third-order valence-electron chi connectivity index (χ3n) is 11.6. The monoisotopic (exact) mass is 814 g/mol. The molecule has 1 aliphatic carbocycles. The first-order valence-corrected chi connectivity index (χ1v) is 20.0. The summed E-state index contributed by atoms with van der Waals surface area (Å²) in [4.78, 5) is 71.5. The summed E-state index contributed by atoms with van der Waals surface area (Å²) < 4.78 is 15.2. The molecule has 1 saturated carbocycles. The summed E-state index contributed by atoms with van der Waals surface area (Å²) in [6, 6.07) is 14.1. The number of carbonyl (C=O) groups is 4. The van der Waals surface area contributed by atoms with Crippen molar-refractivity contribution >= 4 is 35.6 Å². The summed E-state index contributed by atoms with van der Waals surface area (Å²) >= 11 is 6.75. The van der Waals surface area contributed by atoms with Crippen LogP contribution in [0.4, 0.5) is 9.59 Å². The topological polar surface area (TPSA) is 184 Å². The fraction of sp³-hybridized carbons (Fsp3) is 0.476. The van der Waals surface area contributed by atoms with E-state index in [1.54, 1.807) is 18.2 Å². The number of amides is 4. The number of piperidine rings is 1. The van der Waals surface area contributed by atoms with Gasteiger partial charge in [-0.05, 0) is 47.3 Å². The Morgan fingerprint density at radius 1 is 0.741 bits per heavy atom. The molecule has 4 amide bonds. The molecule has 7 rings (SSSR count). The molecule has 0 radical (unpaired) electrons. The van der Waals surface area contributed by atoms with E-state index in [1.807, 2.05) is 81.1 Å². The third-order valence-corrected chi connectivity index (χ3v) is 11.9. The second kappa shape index (κ2) is 16.8. The lowest BCUT2D eigenvalue weighted by Crippen LogP contribution is -2.52. The highest BCUT2D eigenvalue weighted by atomic mass is 35.5. The van der Waals surface area contributed by atoms with Gasteiger partial charge in [-0.1, -0.05) is 87.8 Å². The number of nitrogens with one attached hydrogen (secondary N) is 4. The minimum atomic E-state index is -0.761. The van der Waals surface area contributed by atoms with Crippen LogP contribution in [0.15, 0.2) is 54.7 Å². The number of aromatic amines is 2. The largest absolute Gasteiger partial charge is 0.453 e. The minimum Gasteiger partial charge on any atom is -0.453 e. The molecule has 2 saturated heterocycles. The number of halogens is 1. The number of fused-ring (bicyclic) bond motifs is 1. The van der Waals surface area contributed by atoms with E-state index in [0.717, 1.165) is 40.8 Å². The van der Waals surface area contributed by atoms with Crippen molar-refractivity contribution in [2.75, 3.05) is 27.9 Å². The maximum Gasteiger partial charge on any atom is 0.407 e. The van der Waals surface area contributed by atoms with Gasteiger partial charge in [0.05, 0.1) is 44.3 Å². The second-order valence-corrected chi connectivity index (χ2v) is 16.4. The Morgan fingerprint density at radius 2 is 1.31 bits per heavy atom. The Balaban J connectivity index is 1.04. The fourth-order valence-corrected chi connectivity index (χ4v) is 8.51. The van der Waals surface area contributed by atoms with Gasteiger partial charge in [-0.25, -0.2) is 19.6 Å². The first-order chi connectivity index (χ1) is 27.8. The number of carbonyl (C=O) groups excluding carboxylic acids is 4. The predicted molar refractivity (Wildman–Crippen MR) is 216 cm³/mol. The summed E-state index contributed by atoms with van der Waals surface area (Å²) in [6.07, 6.45) is 2.57. The van der Waals surface area contributed by atoms with Crippen LogP contribution in [0.3, 0.4) is 0 Å². The molecule has 3 fully saturated rings. The van der Waals surface area contributed by atoms with Crippen LogP contribution in [0.25, 0.3) is 33.6 Å². The molecule has 16 heteroatoms. The summed E-state index contributed by atoms with van der Waals surface area (Å²) in [6.45, 7) is 7.92. The van der Waals surface area contributed by atoms with Crippen molar-refractivity contribution in [3.8, 4) is 33.6 Å². The van der Waals surface area contributed by atoms with Crippen molar-refractivity contribution in [1.29, 1.82) is 0 Å². The summed E-state index contributed by atoms with van der Waals surface area (Å²) in [5.41, 5.74) is 5.19. The van der Waals surface area contributed by atoms with Gasteiger partial charge in [0.15, 0.2) is 0 Å². The predicted octanol–water partition coefficient (Wildman–Crippen LogP) is 6.50. The molecule has 308 valence electrons. The van der Waals surface area contributed by atoms with Crippen LogP contribution in [0.1, 0.15) is 70.7 Å². The number of aromatic nitrogens is 4. The van der Waals surface area contributed by atoms with Gasteiger partial charge < -0.3 is 44.6 Å². The standard InChI is InChI=1S/C42H51ClN8O7/c1-21(2)33(47-41(54)57-6)39(52)50-20-28(56-5)18-31(50)37-44-19-29(45-37)25-12-8-23(9-13-25)24-10-14-26(15-11-24)35-36(43)49-38(46-35)32-17-27-16-30(27)51(32)40(53)34(22(3)4)48-42(55)58-7/h8-15,19,21-22,27-28,30-34H,16-18,20H2,1-7H3,(H,44,45)(H,46,49)(H,47,54)(H,48,55). The number of likely N-dealkylation sites (tertiary alicyclic amines) is 2. The maximum atomic E-state index is 13.8. The molecule has 7 atom stereocenters. The number of rotatable bonds is 12. The number of nitrogens with zero attached hydrogens (tertiary/aromatic N) is 4. The van der Waals surface area contributed by atoms with E-state index < -0.39 is 24.3 Å². The van der Waals surface area contributed by atoms with E-state index in [-0.39, 0.29) is 47.9 Å². The zero-order valence-corrected chi connectivity index (χ0v) is 34.5. The normalized spacial score (nSPS) is 22.1. The molecule has 0 bridgehead atoms. The molecule has 2 aromatic carbocycles. The number of hydrogen-bond donors (Lipinski definition) is 4. The Hall–Kier alpha value is -5.41. The van der Waals surface area contributed by atoms with Crippen molar-refractivity contribution in [3.63, 3.8) is 0 Å². The molecule has 15 nitrogen and oxygen atoms in total. The first kappa shape index (κ1) is 40.8. The lowest BCUT2D eigenvalue weighted by molar-refractivity contribution is -0.137. The smallest absolute Gasteiger partial charge is 0.407 e. The van der Waals surface area contributed by atoms with Crippen LogP contribution in [-0.2, 0) is 23.8 Å². The highest BCUT2D eigenvalue weighted by Gasteiger charge is 2.56. The molecule has 2 aliphatic heterocycles. The van der Waals surface area contributed by atoms with Crippen LogP contribution in [0, 0.1) is 17.8 Å². The molecular formula is C42H51ClN8O7. The first-order valence-electron chi connectivity index (χ1n) is 19.7. The number of benzene rings is 2. The van der Waals surface area contributed by atoms with E-state index in [1.165, 1.54) is 14.2 Å². The Kier molecular flexibility index (Phi) is 11.8. The van der Waals surface area contributed by atoms with E-state index in [0.29, 0.717) is 41.4 Å². The molecule has 7 unspecified atom stereocenters. The zero-order valence-electron chi connectivity index (χ0n) is 33.7. The van der Waals surface area contributed by atoms with Gasteiger partial charge in [0.1, 0.15) is 34.6 Å². The average Bonchev–Trinajstić information content (AvgIpc) is 3.66. The molecule has 58 heavy (non-hydrogen) atoms. The van der Waals surface area contributed by atoms with E-state index >= 15 is 0 Å². The zero-order chi connectivity index (χ0) is 41.4. The summed E-state index contributed by atoms with van der Waals surface area (Å²) in [5.74, 6) is 1.01. The van der Waals surface area contributed by atoms with Crippen molar-refractivity contribution in [2.45, 2.75) is 83.3 Å². The summed E-state index contributed by atoms with van der Waals surface area (Å²) in [7, 11) is 4.19. The van der Waals surface area contributed by atoms with Crippen LogP contribution in [0.2, 0.25) is 5.15 Å². The van der Waals surface area contributed by atoms with E-state index in [2.05, 4.69) is 25.6 Å². The van der Waals surface area contributed by atoms with Gasteiger partial charge in [-0.3, -0.25) is 9.59 Å². The van der Waals surface area contributed by atoms with E-state index in [4.69, 9.17) is 30.8 Å². The van der Waals surface area contributed by atoms with Crippen LogP contribution >= 0.6 is 11.6 Å². The second-order valence-electron chi connectivity index (χ2n) is 16.0. The molecule has 2 aromatic heterocycles. The van der Waals surface area contributed by atoms with Crippen LogP contribution in [-0.4, -0.2) is 106 Å². The van der Waals surface area contributed by atoms with Crippen molar-refractivity contribution in [1.82, 2.24) is 40.4 Å². The number of hydrogen-bond acceptors (Lipinski definition) is 9. The van der Waals surface area contributed by atoms with Crippen molar-refractivity contribution in [2.24, 2.45) is 17.8 Å². The lowest BCUT2D eigenvalue weighted by Gasteiger charge is -2.31. The third kappa shape index (κ3) is 8.14. The van der Waals surface area contributed by atoms with Gasteiger partial charge in [0, 0.05) is 31.7 Å². The Labute approximate surface area is 342 Å². The fourth-order valence-electron chi connectivity index (χ4n) is 8.26. The average molecular weight is 815 g/mol. The van der Waals surface area contributed by atoms with Crippen molar-refractivity contribution in [3.05, 3.63) is 71.5 Å². The molecule has 4 aromatic rings. The SMILES string of the molecule is COC(=O)NC(C(=O)N1CC(OC)CC1c1ncc(-c2ccc(-c3ccc(-c4nc(C5CC6CC6N5C(=O)C(NC(=O)OC)C(C)C)[nH]c4Cl)cc3)cc2)[nH]1)C(C)C. The van der Waals surface area contributed by atoms with Crippen LogP contribution < -0.4 is 10.6 Å². The molecule has 4 N–H and O–H groups in total. The lowest BCUT2D eigenvalue weighted by atomic mass is 10.0. The minimum absolute atomic E-state index is 0.115. The number of ether oxygens (including phenoxy) is 3. The number of alkyl carbamates (subject to hydrolysis) is 2. The summed E-state index contributed by atoms with van der Waals surface area (Å²) in [5, 5.41) is 5.79. The van der Waals surface area contributed by atoms with Crippen LogP contribution in [0.5, 0.6) is 0 Å². The Bertz CT molecular complexity index is 2130. The number of H-pyrrole nitrogens is 2. The molecule has 0 spiro atoms. The maximum absolute atomic E-state index is 13.8. The Morgan fingerprint density at radius 3 is 1.88 bits per heavy atom.